The number of benzene rings is 1. The molecule has 1 aromatic carbocycles. The molecule has 23 heavy (non-hydrogen) atoms. The molecule has 1 fully saturated rings. The van der Waals surface area contributed by atoms with Crippen LogP contribution in [0.4, 0.5) is 0 Å². The first-order chi connectivity index (χ1) is 10.9. The van der Waals surface area contributed by atoms with Crippen LogP contribution >= 0.6 is 23.2 Å². The molecule has 0 atom stereocenters. The van der Waals surface area contributed by atoms with E-state index >= 15 is 0 Å². The summed E-state index contributed by atoms with van der Waals surface area (Å²) in [6.45, 7) is 0.982. The summed E-state index contributed by atoms with van der Waals surface area (Å²) >= 11 is 11.8. The Hall–Kier alpha value is -1.30. The van der Waals surface area contributed by atoms with E-state index in [1.54, 1.807) is 18.2 Å². The van der Waals surface area contributed by atoms with E-state index in [-0.39, 0.29) is 12.3 Å². The van der Waals surface area contributed by atoms with Crippen LogP contribution in [-0.2, 0) is 20.9 Å². The number of nitrogens with one attached hydrogen (secondary N) is 1. The average Bonchev–Trinajstić information content (AvgIpc) is 2.44. The Morgan fingerprint density at radius 2 is 2.04 bits per heavy atom. The van der Waals surface area contributed by atoms with Gasteiger partial charge in [0, 0.05) is 23.0 Å². The maximum Gasteiger partial charge on any atom is 0.310 e. The Morgan fingerprint density at radius 1 is 1.30 bits per heavy atom. The fraction of sp³-hybridized carbons (Fsp3) is 0.500. The number of carbonyl (C=O) groups is 2. The number of halogens is 2. The van der Waals surface area contributed by atoms with E-state index in [9.17, 15) is 14.7 Å². The van der Waals surface area contributed by atoms with Crippen LogP contribution < -0.4 is 5.32 Å². The number of hydrogen-bond acceptors (Lipinski definition) is 3. The van der Waals surface area contributed by atoms with Crippen molar-refractivity contribution in [2.45, 2.75) is 32.3 Å². The van der Waals surface area contributed by atoms with E-state index in [0.29, 0.717) is 42.6 Å². The van der Waals surface area contributed by atoms with Gasteiger partial charge in [0.05, 0.1) is 18.6 Å². The van der Waals surface area contributed by atoms with Crippen molar-refractivity contribution < 1.29 is 19.4 Å². The van der Waals surface area contributed by atoms with Crippen molar-refractivity contribution in [2.24, 2.45) is 5.41 Å². The molecule has 0 unspecified atom stereocenters. The Morgan fingerprint density at radius 3 is 2.61 bits per heavy atom. The van der Waals surface area contributed by atoms with Gasteiger partial charge >= 0.3 is 5.97 Å². The van der Waals surface area contributed by atoms with Gasteiger partial charge in [0.25, 0.3) is 0 Å². The molecule has 7 heteroatoms. The van der Waals surface area contributed by atoms with E-state index in [0.717, 1.165) is 12.0 Å². The first-order valence-electron chi connectivity index (χ1n) is 7.45. The Balaban J connectivity index is 1.65. The van der Waals surface area contributed by atoms with Gasteiger partial charge in [-0.15, -0.1) is 0 Å². The second-order valence-corrected chi connectivity index (χ2v) is 6.60. The summed E-state index contributed by atoms with van der Waals surface area (Å²) in [5.41, 5.74) is -0.0383. The Bertz CT molecular complexity index is 587. The van der Waals surface area contributed by atoms with Gasteiger partial charge in [-0.3, -0.25) is 9.59 Å². The van der Waals surface area contributed by atoms with Gasteiger partial charge in [0.1, 0.15) is 0 Å². The first kappa shape index (κ1) is 18.0. The first-order valence-corrected chi connectivity index (χ1v) is 8.20. The molecule has 2 rings (SSSR count). The minimum atomic E-state index is -0.882. The quantitative estimate of drug-likeness (QED) is 0.698. The predicted octanol–water partition coefficient (Wildman–Crippen LogP) is 3.27. The maximum absolute atomic E-state index is 11.8. The predicted molar refractivity (Wildman–Crippen MR) is 87.7 cm³/mol. The molecule has 0 saturated heterocycles. The third-order valence-corrected chi connectivity index (χ3v) is 4.69. The number of carboxylic acid groups (broad SMARTS) is 1. The van der Waals surface area contributed by atoms with Gasteiger partial charge in [-0.25, -0.2) is 0 Å². The topological polar surface area (TPSA) is 75.6 Å². The highest BCUT2D eigenvalue weighted by Crippen LogP contribution is 2.44. The van der Waals surface area contributed by atoms with Crippen molar-refractivity contribution in [3.05, 3.63) is 33.8 Å². The number of amides is 1. The SMILES string of the molecule is O=C(CC1(C(=O)O)CCC1)NCCOCc1ccc(Cl)cc1Cl. The second kappa shape index (κ2) is 7.99. The normalized spacial score (nSPS) is 15.7. The largest absolute Gasteiger partial charge is 0.481 e. The summed E-state index contributed by atoms with van der Waals surface area (Å²) < 4.78 is 5.45. The zero-order chi connectivity index (χ0) is 16.9. The summed E-state index contributed by atoms with van der Waals surface area (Å²) in [4.78, 5) is 23.0. The lowest BCUT2D eigenvalue weighted by molar-refractivity contribution is -0.157. The third kappa shape index (κ3) is 4.83. The van der Waals surface area contributed by atoms with Gasteiger partial charge in [-0.1, -0.05) is 35.7 Å². The molecule has 1 aliphatic rings. The van der Waals surface area contributed by atoms with Crippen LogP contribution in [0, 0.1) is 5.41 Å². The van der Waals surface area contributed by atoms with E-state index in [4.69, 9.17) is 27.9 Å². The van der Waals surface area contributed by atoms with Gasteiger partial charge in [-0.2, -0.15) is 0 Å². The minimum Gasteiger partial charge on any atom is -0.481 e. The molecule has 0 aliphatic heterocycles. The zero-order valence-corrected chi connectivity index (χ0v) is 14.1. The highest BCUT2D eigenvalue weighted by atomic mass is 35.5. The second-order valence-electron chi connectivity index (χ2n) is 5.75. The Kier molecular flexibility index (Phi) is 6.27. The molecule has 0 aromatic heterocycles. The zero-order valence-electron chi connectivity index (χ0n) is 12.6. The molecule has 1 saturated carbocycles. The number of carbonyl (C=O) groups excluding carboxylic acids is 1. The lowest BCUT2D eigenvalue weighted by Crippen LogP contribution is -2.43. The fourth-order valence-electron chi connectivity index (χ4n) is 2.52. The van der Waals surface area contributed by atoms with E-state index in [2.05, 4.69) is 5.32 Å². The van der Waals surface area contributed by atoms with Crippen LogP contribution in [0.1, 0.15) is 31.2 Å². The summed E-state index contributed by atoms with van der Waals surface area (Å²) in [7, 11) is 0. The van der Waals surface area contributed by atoms with Crippen LogP contribution in [0.5, 0.6) is 0 Å². The molecule has 1 aliphatic carbocycles. The average molecular weight is 360 g/mol. The molecule has 0 spiro atoms. The van der Waals surface area contributed by atoms with Crippen molar-refractivity contribution >= 4 is 35.1 Å². The van der Waals surface area contributed by atoms with E-state index in [1.807, 2.05) is 0 Å². The third-order valence-electron chi connectivity index (χ3n) is 4.10. The number of carboxylic acids is 1. The van der Waals surface area contributed by atoms with E-state index in [1.165, 1.54) is 0 Å². The highest BCUT2D eigenvalue weighted by molar-refractivity contribution is 6.35. The van der Waals surface area contributed by atoms with Gasteiger partial charge in [-0.05, 0) is 30.5 Å². The van der Waals surface area contributed by atoms with Crippen LogP contribution in [0.3, 0.4) is 0 Å². The molecule has 0 heterocycles. The molecule has 126 valence electrons. The van der Waals surface area contributed by atoms with E-state index < -0.39 is 11.4 Å². The monoisotopic (exact) mass is 359 g/mol. The van der Waals surface area contributed by atoms with Crippen molar-refractivity contribution in [1.29, 1.82) is 0 Å². The van der Waals surface area contributed by atoms with Crippen LogP contribution in [0.25, 0.3) is 0 Å². The van der Waals surface area contributed by atoms with Gasteiger partial charge < -0.3 is 15.2 Å². The smallest absolute Gasteiger partial charge is 0.310 e. The molecular formula is C16H19Cl2NO4. The summed E-state index contributed by atoms with van der Waals surface area (Å²) in [6, 6.07) is 5.17. The van der Waals surface area contributed by atoms with Crippen molar-refractivity contribution in [3.63, 3.8) is 0 Å². The number of rotatable bonds is 8. The van der Waals surface area contributed by atoms with Crippen molar-refractivity contribution in [1.82, 2.24) is 5.32 Å². The molecule has 1 amide bonds. The molecule has 0 bridgehead atoms. The fourth-order valence-corrected chi connectivity index (χ4v) is 2.99. The number of ether oxygens (including phenoxy) is 1. The standard InChI is InChI=1S/C16H19Cl2NO4/c17-12-3-2-11(13(18)8-12)10-23-7-6-19-14(20)9-16(15(21)22)4-1-5-16/h2-3,8H,1,4-7,9-10H2,(H,19,20)(H,21,22). The van der Waals surface area contributed by atoms with Gasteiger partial charge in [0.2, 0.25) is 5.91 Å². The number of aliphatic carboxylic acids is 1. The van der Waals surface area contributed by atoms with Crippen LogP contribution in [-0.4, -0.2) is 30.1 Å². The van der Waals surface area contributed by atoms with Crippen molar-refractivity contribution in [3.8, 4) is 0 Å². The highest BCUT2D eigenvalue weighted by Gasteiger charge is 2.45. The lowest BCUT2D eigenvalue weighted by Gasteiger charge is -2.36. The number of hydrogen-bond donors (Lipinski definition) is 2. The molecule has 5 nitrogen and oxygen atoms in total. The van der Waals surface area contributed by atoms with Gasteiger partial charge in [0.15, 0.2) is 0 Å². The molecule has 1 aromatic rings. The summed E-state index contributed by atoms with van der Waals surface area (Å²) in [5, 5.41) is 13.0. The summed E-state index contributed by atoms with van der Waals surface area (Å²) in [5.74, 6) is -1.13. The molecule has 2 N–H and O–H groups in total. The minimum absolute atomic E-state index is 0.0331. The molecule has 0 radical (unpaired) electrons. The lowest BCUT2D eigenvalue weighted by atomic mass is 9.66. The van der Waals surface area contributed by atoms with Crippen LogP contribution in [0.15, 0.2) is 18.2 Å². The Labute approximate surface area is 144 Å². The van der Waals surface area contributed by atoms with Crippen molar-refractivity contribution in [2.75, 3.05) is 13.2 Å². The van der Waals surface area contributed by atoms with Crippen LogP contribution in [0.2, 0.25) is 10.0 Å². The maximum atomic E-state index is 11.8. The summed E-state index contributed by atoms with van der Waals surface area (Å²) in [6.07, 6.45) is 2.04. The molecular weight excluding hydrogens is 341 g/mol.